The van der Waals surface area contributed by atoms with Crippen molar-refractivity contribution < 1.29 is 9.90 Å². The molecule has 2 aliphatic rings. The topological polar surface area (TPSA) is 62.2 Å². The summed E-state index contributed by atoms with van der Waals surface area (Å²) in [4.78, 5) is 16.4. The minimum atomic E-state index is -0.201. The fourth-order valence-electron chi connectivity index (χ4n) is 5.52. The highest BCUT2D eigenvalue weighted by Crippen LogP contribution is 2.50. The van der Waals surface area contributed by atoms with Crippen LogP contribution in [0.4, 0.5) is 0 Å². The van der Waals surface area contributed by atoms with Crippen LogP contribution in [0.25, 0.3) is 0 Å². The molecule has 1 aromatic rings. The van der Waals surface area contributed by atoms with Crippen LogP contribution in [0.15, 0.2) is 48.3 Å². The third-order valence-corrected chi connectivity index (χ3v) is 7.26. The SMILES string of the molecule is C/C(=C\C=C\[C@@H]1[C@@H]2[C@@H](CC[C@@H]1C)C[C@@H](C)[C@H](O)[C@H]2C)C(=O)NCc1cccnc1. The van der Waals surface area contributed by atoms with Crippen LogP contribution in [0.3, 0.4) is 0 Å². The molecular weight excluding hydrogens is 360 g/mol. The predicted octanol–water partition coefficient (Wildman–Crippen LogP) is 4.52. The lowest BCUT2D eigenvalue weighted by molar-refractivity contribution is -0.117. The molecule has 2 saturated carbocycles. The number of aliphatic hydroxyl groups excluding tert-OH is 1. The van der Waals surface area contributed by atoms with Crippen molar-refractivity contribution in [3.05, 3.63) is 53.9 Å². The van der Waals surface area contributed by atoms with Gasteiger partial charge < -0.3 is 10.4 Å². The molecule has 0 bridgehead atoms. The minimum Gasteiger partial charge on any atom is -0.393 e. The maximum atomic E-state index is 12.4. The average molecular weight is 397 g/mol. The number of amides is 1. The number of aliphatic hydroxyl groups is 1. The summed E-state index contributed by atoms with van der Waals surface area (Å²) in [5, 5.41) is 13.6. The van der Waals surface area contributed by atoms with Gasteiger partial charge >= 0.3 is 0 Å². The molecule has 0 aliphatic heterocycles. The number of aromatic nitrogens is 1. The average Bonchev–Trinajstić information content (AvgIpc) is 2.72. The molecule has 2 N–H and O–H groups in total. The number of pyridine rings is 1. The fourth-order valence-corrected chi connectivity index (χ4v) is 5.52. The van der Waals surface area contributed by atoms with Crippen LogP contribution in [0, 0.1) is 35.5 Å². The summed E-state index contributed by atoms with van der Waals surface area (Å²) >= 11 is 0. The number of carbonyl (C=O) groups is 1. The predicted molar refractivity (Wildman–Crippen MR) is 117 cm³/mol. The van der Waals surface area contributed by atoms with E-state index in [1.165, 1.54) is 12.8 Å². The Morgan fingerprint density at radius 3 is 2.79 bits per heavy atom. The lowest BCUT2D eigenvalue weighted by Gasteiger charge is -2.50. The van der Waals surface area contributed by atoms with Gasteiger partial charge in [0.1, 0.15) is 0 Å². The van der Waals surface area contributed by atoms with Crippen LogP contribution in [0.2, 0.25) is 0 Å². The maximum absolute atomic E-state index is 12.4. The molecule has 1 amide bonds. The Morgan fingerprint density at radius 2 is 2.07 bits per heavy atom. The quantitative estimate of drug-likeness (QED) is 0.568. The molecule has 2 aliphatic carbocycles. The monoisotopic (exact) mass is 396 g/mol. The molecule has 4 nitrogen and oxygen atoms in total. The Labute approximate surface area is 175 Å². The van der Waals surface area contributed by atoms with Gasteiger partial charge in [-0.1, -0.05) is 45.1 Å². The van der Waals surface area contributed by atoms with Gasteiger partial charge in [-0.3, -0.25) is 9.78 Å². The van der Waals surface area contributed by atoms with Crippen molar-refractivity contribution in [2.24, 2.45) is 35.5 Å². The zero-order valence-electron chi connectivity index (χ0n) is 18.2. The van der Waals surface area contributed by atoms with Gasteiger partial charge in [-0.2, -0.15) is 0 Å². The van der Waals surface area contributed by atoms with E-state index in [0.29, 0.717) is 47.6 Å². The second-order valence-corrected chi connectivity index (χ2v) is 9.31. The van der Waals surface area contributed by atoms with E-state index in [2.05, 4.69) is 43.2 Å². The molecular formula is C25H36N2O2. The number of hydrogen-bond acceptors (Lipinski definition) is 3. The van der Waals surface area contributed by atoms with Crippen LogP contribution < -0.4 is 5.32 Å². The minimum absolute atomic E-state index is 0.0525. The molecule has 1 aromatic heterocycles. The lowest BCUT2D eigenvalue weighted by atomic mass is 9.56. The van der Waals surface area contributed by atoms with Gasteiger partial charge in [0.05, 0.1) is 6.10 Å². The zero-order valence-corrected chi connectivity index (χ0v) is 18.2. The number of hydrogen-bond donors (Lipinski definition) is 2. The number of allylic oxidation sites excluding steroid dienone is 3. The van der Waals surface area contributed by atoms with Crippen LogP contribution in [0.5, 0.6) is 0 Å². The Kier molecular flexibility index (Phi) is 7.28. The van der Waals surface area contributed by atoms with Gasteiger partial charge in [0.2, 0.25) is 5.91 Å². The molecule has 0 radical (unpaired) electrons. The first-order chi connectivity index (χ1) is 13.9. The second kappa shape index (κ2) is 9.71. The highest BCUT2D eigenvalue weighted by Gasteiger charge is 2.46. The summed E-state index contributed by atoms with van der Waals surface area (Å²) in [7, 11) is 0. The normalized spacial score (nSPS) is 35.3. The van der Waals surface area contributed by atoms with E-state index in [4.69, 9.17) is 0 Å². The van der Waals surface area contributed by atoms with Gasteiger partial charge in [0.15, 0.2) is 0 Å². The van der Waals surface area contributed by atoms with Crippen LogP contribution >= 0.6 is 0 Å². The zero-order chi connectivity index (χ0) is 21.0. The van der Waals surface area contributed by atoms with Crippen molar-refractivity contribution in [1.82, 2.24) is 10.3 Å². The first kappa shape index (κ1) is 21.8. The summed E-state index contributed by atoms with van der Waals surface area (Å²) in [6, 6.07) is 3.82. The Bertz CT molecular complexity index is 740. The smallest absolute Gasteiger partial charge is 0.247 e. The van der Waals surface area contributed by atoms with Gasteiger partial charge in [0, 0.05) is 24.5 Å². The third-order valence-electron chi connectivity index (χ3n) is 7.26. The summed E-state index contributed by atoms with van der Waals surface area (Å²) in [5.41, 5.74) is 1.70. The fraction of sp³-hybridized carbons (Fsp3) is 0.600. The molecule has 1 heterocycles. The van der Waals surface area contributed by atoms with E-state index in [1.54, 1.807) is 12.4 Å². The van der Waals surface area contributed by atoms with Crippen molar-refractivity contribution in [3.63, 3.8) is 0 Å². The van der Waals surface area contributed by atoms with E-state index >= 15 is 0 Å². The Morgan fingerprint density at radius 1 is 1.28 bits per heavy atom. The van der Waals surface area contributed by atoms with Crippen molar-refractivity contribution in [3.8, 4) is 0 Å². The largest absolute Gasteiger partial charge is 0.393 e. The van der Waals surface area contributed by atoms with Crippen LogP contribution in [-0.4, -0.2) is 22.1 Å². The third kappa shape index (κ3) is 5.16. The standard InChI is InChI=1S/C25H36N2O2/c1-16-10-11-21-13-18(3)24(28)19(4)23(21)22(16)9-5-7-17(2)25(29)27-15-20-8-6-12-26-14-20/h5-9,12,14,16,18-19,21-24,28H,10-11,13,15H2,1-4H3,(H,27,29)/b9-5+,17-7+/t16-,18+,19-,21-,22-,23-,24-/m0/s1. The molecule has 4 heteroatoms. The highest BCUT2D eigenvalue weighted by molar-refractivity contribution is 5.92. The molecule has 29 heavy (non-hydrogen) atoms. The van der Waals surface area contributed by atoms with E-state index < -0.39 is 0 Å². The molecule has 2 fully saturated rings. The van der Waals surface area contributed by atoms with E-state index in [1.807, 2.05) is 25.1 Å². The molecule has 0 spiro atoms. The molecule has 7 atom stereocenters. The number of rotatable bonds is 5. The molecule has 0 saturated heterocycles. The van der Waals surface area contributed by atoms with Gasteiger partial charge in [-0.05, 0) is 73.3 Å². The summed E-state index contributed by atoms with van der Waals surface area (Å²) in [6.45, 7) is 9.09. The second-order valence-electron chi connectivity index (χ2n) is 9.31. The van der Waals surface area contributed by atoms with E-state index in [9.17, 15) is 9.90 Å². The summed E-state index contributed by atoms with van der Waals surface area (Å²) in [5.74, 6) is 3.00. The van der Waals surface area contributed by atoms with Crippen LogP contribution in [0.1, 0.15) is 52.5 Å². The van der Waals surface area contributed by atoms with Gasteiger partial charge in [-0.15, -0.1) is 0 Å². The molecule has 0 aromatic carbocycles. The lowest BCUT2D eigenvalue weighted by Crippen LogP contribution is -2.47. The van der Waals surface area contributed by atoms with E-state index in [0.717, 1.165) is 12.0 Å². The van der Waals surface area contributed by atoms with Crippen molar-refractivity contribution >= 4 is 5.91 Å². The number of carbonyl (C=O) groups excluding carboxylic acids is 1. The summed E-state index contributed by atoms with van der Waals surface area (Å²) < 4.78 is 0. The van der Waals surface area contributed by atoms with E-state index in [-0.39, 0.29) is 12.0 Å². The maximum Gasteiger partial charge on any atom is 0.247 e. The van der Waals surface area contributed by atoms with Crippen molar-refractivity contribution in [2.75, 3.05) is 0 Å². The van der Waals surface area contributed by atoms with Crippen molar-refractivity contribution in [2.45, 2.75) is 59.6 Å². The Hall–Kier alpha value is -1.94. The molecule has 3 rings (SSSR count). The van der Waals surface area contributed by atoms with Gasteiger partial charge in [-0.25, -0.2) is 0 Å². The number of nitrogens with one attached hydrogen (secondary N) is 1. The first-order valence-corrected chi connectivity index (χ1v) is 11.1. The summed E-state index contributed by atoms with van der Waals surface area (Å²) in [6.07, 6.45) is 13.2. The van der Waals surface area contributed by atoms with Gasteiger partial charge in [0.25, 0.3) is 0 Å². The first-order valence-electron chi connectivity index (χ1n) is 11.1. The van der Waals surface area contributed by atoms with Crippen LogP contribution in [-0.2, 0) is 11.3 Å². The Balaban J connectivity index is 1.63. The molecule has 158 valence electrons. The highest BCUT2D eigenvalue weighted by atomic mass is 16.3. The number of fused-ring (bicyclic) bond motifs is 1. The van der Waals surface area contributed by atoms with Crippen molar-refractivity contribution in [1.29, 1.82) is 0 Å². The number of nitrogens with zero attached hydrogens (tertiary/aromatic N) is 1. The molecule has 0 unspecified atom stereocenters.